The van der Waals surface area contributed by atoms with E-state index in [0.717, 1.165) is 11.3 Å². The number of benzene rings is 1. The zero-order chi connectivity index (χ0) is 14.4. The minimum Gasteiger partial charge on any atom is -0.468 e. The largest absolute Gasteiger partial charge is 0.468 e. The third kappa shape index (κ3) is 3.95. The van der Waals surface area contributed by atoms with E-state index < -0.39 is 0 Å². The Hall–Kier alpha value is -2.09. The minimum absolute atomic E-state index is 0.224. The van der Waals surface area contributed by atoms with Crippen molar-refractivity contribution in [2.75, 3.05) is 13.6 Å². The molecule has 2 N–H and O–H groups in total. The summed E-state index contributed by atoms with van der Waals surface area (Å²) in [6.07, 6.45) is 1.65. The van der Waals surface area contributed by atoms with Gasteiger partial charge in [0.15, 0.2) is 0 Å². The quantitative estimate of drug-likeness (QED) is 0.869. The zero-order valence-corrected chi connectivity index (χ0v) is 11.4. The fourth-order valence-corrected chi connectivity index (χ4v) is 1.95. The molecule has 1 aromatic carbocycles. The van der Waals surface area contributed by atoms with Crippen molar-refractivity contribution in [1.82, 2.24) is 4.90 Å². The van der Waals surface area contributed by atoms with E-state index in [1.165, 1.54) is 6.07 Å². The Bertz CT molecular complexity index is 611. The van der Waals surface area contributed by atoms with Gasteiger partial charge in [0, 0.05) is 6.54 Å². The summed E-state index contributed by atoms with van der Waals surface area (Å²) in [7, 11) is 1.98. The molecule has 0 amide bonds. The summed E-state index contributed by atoms with van der Waals surface area (Å²) < 4.78 is 18.9. The third-order valence-electron chi connectivity index (χ3n) is 2.81. The first kappa shape index (κ1) is 14.3. The molecular formula is C16H17FN2O. The van der Waals surface area contributed by atoms with E-state index in [-0.39, 0.29) is 12.4 Å². The Morgan fingerprint density at radius 1 is 1.30 bits per heavy atom. The maximum atomic E-state index is 13.6. The van der Waals surface area contributed by atoms with Gasteiger partial charge >= 0.3 is 0 Å². The van der Waals surface area contributed by atoms with Crippen molar-refractivity contribution < 1.29 is 8.81 Å². The molecule has 0 aliphatic heterocycles. The molecular weight excluding hydrogens is 255 g/mol. The predicted octanol–water partition coefficient (Wildman–Crippen LogP) is 2.36. The van der Waals surface area contributed by atoms with Crippen LogP contribution in [0.15, 0.2) is 41.0 Å². The van der Waals surface area contributed by atoms with Crippen LogP contribution in [-0.4, -0.2) is 18.5 Å². The molecule has 0 spiro atoms. The number of hydrogen-bond donors (Lipinski definition) is 1. The van der Waals surface area contributed by atoms with Crippen LogP contribution in [0.25, 0.3) is 0 Å². The second-order valence-corrected chi connectivity index (χ2v) is 4.57. The molecule has 20 heavy (non-hydrogen) atoms. The van der Waals surface area contributed by atoms with Crippen molar-refractivity contribution >= 4 is 0 Å². The summed E-state index contributed by atoms with van der Waals surface area (Å²) in [5.41, 5.74) is 6.70. The van der Waals surface area contributed by atoms with Crippen molar-refractivity contribution in [3.8, 4) is 11.8 Å². The fraction of sp³-hybridized carbons (Fsp3) is 0.250. The summed E-state index contributed by atoms with van der Waals surface area (Å²) in [5, 5.41) is 0. The van der Waals surface area contributed by atoms with E-state index in [2.05, 4.69) is 16.7 Å². The van der Waals surface area contributed by atoms with Gasteiger partial charge in [0.2, 0.25) is 0 Å². The number of hydrogen-bond acceptors (Lipinski definition) is 3. The third-order valence-corrected chi connectivity index (χ3v) is 2.81. The normalized spacial score (nSPS) is 10.4. The molecule has 0 atom stereocenters. The van der Waals surface area contributed by atoms with Crippen LogP contribution in [0.1, 0.15) is 16.9 Å². The van der Waals surface area contributed by atoms with Gasteiger partial charge in [-0.1, -0.05) is 17.9 Å². The SMILES string of the molecule is CN(Cc1ccc(F)c(C#CCN)c1)Cc1ccco1. The van der Waals surface area contributed by atoms with Crippen LogP contribution in [0.3, 0.4) is 0 Å². The Balaban J connectivity index is 2.05. The van der Waals surface area contributed by atoms with Crippen molar-refractivity contribution in [1.29, 1.82) is 0 Å². The van der Waals surface area contributed by atoms with Gasteiger partial charge in [0.05, 0.1) is 24.9 Å². The van der Waals surface area contributed by atoms with Crippen LogP contribution < -0.4 is 5.73 Å². The Morgan fingerprint density at radius 2 is 2.15 bits per heavy atom. The molecule has 0 bridgehead atoms. The molecule has 0 radical (unpaired) electrons. The first-order valence-corrected chi connectivity index (χ1v) is 6.37. The van der Waals surface area contributed by atoms with Crippen molar-refractivity contribution in [3.05, 3.63) is 59.3 Å². The smallest absolute Gasteiger partial charge is 0.138 e. The summed E-state index contributed by atoms with van der Waals surface area (Å²) in [6.45, 7) is 1.62. The van der Waals surface area contributed by atoms with Crippen LogP contribution >= 0.6 is 0 Å². The first-order valence-electron chi connectivity index (χ1n) is 6.37. The van der Waals surface area contributed by atoms with Crippen LogP contribution in [0.4, 0.5) is 4.39 Å². The van der Waals surface area contributed by atoms with Gasteiger partial charge in [0.25, 0.3) is 0 Å². The zero-order valence-electron chi connectivity index (χ0n) is 11.4. The molecule has 2 aromatic rings. The molecule has 3 nitrogen and oxygen atoms in total. The lowest BCUT2D eigenvalue weighted by molar-refractivity contribution is 0.287. The second-order valence-electron chi connectivity index (χ2n) is 4.57. The van der Waals surface area contributed by atoms with Gasteiger partial charge < -0.3 is 10.2 Å². The minimum atomic E-state index is -0.316. The molecule has 4 heteroatoms. The highest BCUT2D eigenvalue weighted by atomic mass is 19.1. The Morgan fingerprint density at radius 3 is 2.85 bits per heavy atom. The molecule has 0 unspecified atom stereocenters. The van der Waals surface area contributed by atoms with Crippen molar-refractivity contribution in [3.63, 3.8) is 0 Å². The average Bonchev–Trinajstić information content (AvgIpc) is 2.92. The number of nitrogens with zero attached hydrogens (tertiary/aromatic N) is 1. The van der Waals surface area contributed by atoms with Crippen molar-refractivity contribution in [2.45, 2.75) is 13.1 Å². The van der Waals surface area contributed by atoms with E-state index >= 15 is 0 Å². The maximum absolute atomic E-state index is 13.6. The van der Waals surface area contributed by atoms with Gasteiger partial charge in [0.1, 0.15) is 11.6 Å². The molecule has 0 fully saturated rings. The Kier molecular flexibility index (Phi) is 4.94. The number of halogens is 1. The van der Waals surface area contributed by atoms with Gasteiger partial charge in [-0.15, -0.1) is 0 Å². The van der Waals surface area contributed by atoms with E-state index in [4.69, 9.17) is 10.2 Å². The van der Waals surface area contributed by atoms with Crippen LogP contribution in [0.5, 0.6) is 0 Å². The highest BCUT2D eigenvalue weighted by Gasteiger charge is 2.06. The molecule has 0 saturated carbocycles. The first-order chi connectivity index (χ1) is 9.69. The summed E-state index contributed by atoms with van der Waals surface area (Å²) in [6, 6.07) is 8.76. The van der Waals surface area contributed by atoms with Gasteiger partial charge in [-0.2, -0.15) is 0 Å². The van der Waals surface area contributed by atoms with Crippen LogP contribution in [0, 0.1) is 17.7 Å². The highest BCUT2D eigenvalue weighted by molar-refractivity contribution is 5.38. The summed E-state index contributed by atoms with van der Waals surface area (Å²) >= 11 is 0. The number of furan rings is 1. The number of rotatable bonds is 4. The monoisotopic (exact) mass is 272 g/mol. The van der Waals surface area contributed by atoms with E-state index in [9.17, 15) is 4.39 Å². The van der Waals surface area contributed by atoms with Crippen LogP contribution in [-0.2, 0) is 13.1 Å². The number of nitrogens with two attached hydrogens (primary N) is 1. The van der Waals surface area contributed by atoms with Gasteiger partial charge in [-0.25, -0.2) is 4.39 Å². The topological polar surface area (TPSA) is 42.4 Å². The van der Waals surface area contributed by atoms with Gasteiger partial charge in [-0.05, 0) is 36.9 Å². The van der Waals surface area contributed by atoms with E-state index in [1.54, 1.807) is 18.4 Å². The molecule has 0 saturated heterocycles. The summed E-state index contributed by atoms with van der Waals surface area (Å²) in [4.78, 5) is 2.09. The van der Waals surface area contributed by atoms with Crippen molar-refractivity contribution in [2.24, 2.45) is 5.73 Å². The highest BCUT2D eigenvalue weighted by Crippen LogP contribution is 2.13. The summed E-state index contributed by atoms with van der Waals surface area (Å²) in [5.74, 6) is 6.00. The Labute approximate surface area is 118 Å². The van der Waals surface area contributed by atoms with Gasteiger partial charge in [-0.3, -0.25) is 4.90 Å². The lowest BCUT2D eigenvalue weighted by atomic mass is 10.1. The average molecular weight is 272 g/mol. The standard InChI is InChI=1S/C16H17FN2O/c1-19(12-15-5-3-9-20-15)11-13-6-7-16(17)14(10-13)4-2-8-18/h3,5-7,9-10H,8,11-12,18H2,1H3. The predicted molar refractivity (Wildman–Crippen MR) is 76.2 cm³/mol. The molecule has 104 valence electrons. The maximum Gasteiger partial charge on any atom is 0.138 e. The van der Waals surface area contributed by atoms with E-state index in [0.29, 0.717) is 18.7 Å². The molecule has 0 aliphatic rings. The lowest BCUT2D eigenvalue weighted by Gasteiger charge is -2.15. The van der Waals surface area contributed by atoms with E-state index in [1.807, 2.05) is 19.2 Å². The molecule has 1 heterocycles. The molecule has 1 aromatic heterocycles. The molecule has 0 aliphatic carbocycles. The second kappa shape index (κ2) is 6.90. The fourth-order valence-electron chi connectivity index (χ4n) is 1.95. The molecule has 2 rings (SSSR count). The lowest BCUT2D eigenvalue weighted by Crippen LogP contribution is -2.17. The van der Waals surface area contributed by atoms with Crippen LogP contribution in [0.2, 0.25) is 0 Å².